The van der Waals surface area contributed by atoms with Crippen LogP contribution in [0.2, 0.25) is 0 Å². The summed E-state index contributed by atoms with van der Waals surface area (Å²) >= 11 is 0. The predicted molar refractivity (Wildman–Crippen MR) is 53.4 cm³/mol. The molecule has 0 saturated carbocycles. The Morgan fingerprint density at radius 3 is 2.50 bits per heavy atom. The Morgan fingerprint density at radius 2 is 2.00 bits per heavy atom. The SMILES string of the molecule is CCC(C)CC(C)NCCOC. The second-order valence-corrected chi connectivity index (χ2v) is 3.60. The smallest absolute Gasteiger partial charge is 0.0587 e. The Balaban J connectivity index is 3.26. The molecule has 1 N–H and O–H groups in total. The van der Waals surface area contributed by atoms with Crippen LogP contribution in [0, 0.1) is 5.92 Å². The molecule has 0 amide bonds. The van der Waals surface area contributed by atoms with Gasteiger partial charge in [-0.05, 0) is 19.3 Å². The molecule has 0 aliphatic rings. The van der Waals surface area contributed by atoms with Crippen LogP contribution in [0.15, 0.2) is 0 Å². The molecule has 0 spiro atoms. The Morgan fingerprint density at radius 1 is 1.33 bits per heavy atom. The number of hydrogen-bond donors (Lipinski definition) is 1. The summed E-state index contributed by atoms with van der Waals surface area (Å²) in [6.45, 7) is 8.56. The van der Waals surface area contributed by atoms with E-state index in [4.69, 9.17) is 4.74 Å². The van der Waals surface area contributed by atoms with E-state index in [-0.39, 0.29) is 0 Å². The van der Waals surface area contributed by atoms with Crippen molar-refractivity contribution in [3.05, 3.63) is 0 Å². The van der Waals surface area contributed by atoms with Gasteiger partial charge in [0.15, 0.2) is 0 Å². The van der Waals surface area contributed by atoms with Crippen molar-refractivity contribution in [3.8, 4) is 0 Å². The van der Waals surface area contributed by atoms with Gasteiger partial charge < -0.3 is 10.1 Å². The summed E-state index contributed by atoms with van der Waals surface area (Å²) in [4.78, 5) is 0. The van der Waals surface area contributed by atoms with Gasteiger partial charge in [0.1, 0.15) is 0 Å². The van der Waals surface area contributed by atoms with E-state index >= 15 is 0 Å². The van der Waals surface area contributed by atoms with Gasteiger partial charge in [0.05, 0.1) is 6.61 Å². The molecule has 12 heavy (non-hydrogen) atoms. The quantitative estimate of drug-likeness (QED) is 0.595. The zero-order chi connectivity index (χ0) is 9.40. The lowest BCUT2D eigenvalue weighted by molar-refractivity contribution is 0.194. The molecule has 2 heteroatoms. The van der Waals surface area contributed by atoms with E-state index in [9.17, 15) is 0 Å². The van der Waals surface area contributed by atoms with E-state index in [2.05, 4.69) is 26.1 Å². The topological polar surface area (TPSA) is 21.3 Å². The maximum absolute atomic E-state index is 4.96. The van der Waals surface area contributed by atoms with Crippen LogP contribution in [0.5, 0.6) is 0 Å². The van der Waals surface area contributed by atoms with Gasteiger partial charge >= 0.3 is 0 Å². The molecule has 0 fully saturated rings. The van der Waals surface area contributed by atoms with Crippen LogP contribution in [0.25, 0.3) is 0 Å². The Hall–Kier alpha value is -0.0800. The maximum atomic E-state index is 4.96. The molecule has 74 valence electrons. The third kappa shape index (κ3) is 6.62. The molecule has 0 aromatic heterocycles. The summed E-state index contributed by atoms with van der Waals surface area (Å²) in [6.07, 6.45) is 2.54. The van der Waals surface area contributed by atoms with Crippen molar-refractivity contribution < 1.29 is 4.74 Å². The van der Waals surface area contributed by atoms with Crippen molar-refractivity contribution in [3.63, 3.8) is 0 Å². The van der Waals surface area contributed by atoms with Crippen molar-refractivity contribution in [1.82, 2.24) is 5.32 Å². The molecule has 0 aromatic rings. The van der Waals surface area contributed by atoms with Gasteiger partial charge in [0.25, 0.3) is 0 Å². The standard InChI is InChI=1S/C10H23NO/c1-5-9(2)8-10(3)11-6-7-12-4/h9-11H,5-8H2,1-4H3. The average molecular weight is 173 g/mol. The minimum Gasteiger partial charge on any atom is -0.383 e. The molecule has 0 saturated heterocycles. The molecule has 0 aliphatic heterocycles. The van der Waals surface area contributed by atoms with E-state index in [0.29, 0.717) is 6.04 Å². The Bertz CT molecular complexity index is 95.8. The molecule has 0 aromatic carbocycles. The molecule has 0 radical (unpaired) electrons. The molecule has 0 aliphatic carbocycles. The van der Waals surface area contributed by atoms with E-state index < -0.39 is 0 Å². The van der Waals surface area contributed by atoms with Crippen LogP contribution in [0.1, 0.15) is 33.6 Å². The van der Waals surface area contributed by atoms with Crippen molar-refractivity contribution in [1.29, 1.82) is 0 Å². The van der Waals surface area contributed by atoms with E-state index in [0.717, 1.165) is 19.1 Å². The Labute approximate surface area is 76.7 Å². The van der Waals surface area contributed by atoms with Crippen LogP contribution in [0.4, 0.5) is 0 Å². The fourth-order valence-electron chi connectivity index (χ4n) is 1.26. The van der Waals surface area contributed by atoms with Gasteiger partial charge in [-0.3, -0.25) is 0 Å². The van der Waals surface area contributed by atoms with Crippen LogP contribution >= 0.6 is 0 Å². The second kappa shape index (κ2) is 7.56. The highest BCUT2D eigenvalue weighted by Crippen LogP contribution is 2.08. The molecule has 0 heterocycles. The molecular formula is C10H23NO. The second-order valence-electron chi connectivity index (χ2n) is 3.60. The predicted octanol–water partition coefficient (Wildman–Crippen LogP) is 2.05. The summed E-state index contributed by atoms with van der Waals surface area (Å²) < 4.78 is 4.96. The van der Waals surface area contributed by atoms with Gasteiger partial charge in [0.2, 0.25) is 0 Å². The summed E-state index contributed by atoms with van der Waals surface area (Å²) in [7, 11) is 1.74. The lowest BCUT2D eigenvalue weighted by Crippen LogP contribution is -2.30. The largest absolute Gasteiger partial charge is 0.383 e. The monoisotopic (exact) mass is 173 g/mol. The van der Waals surface area contributed by atoms with Crippen molar-refractivity contribution in [2.24, 2.45) is 5.92 Å². The first-order chi connectivity index (χ1) is 5.70. The maximum Gasteiger partial charge on any atom is 0.0587 e. The highest BCUT2D eigenvalue weighted by molar-refractivity contribution is 4.63. The van der Waals surface area contributed by atoms with Gasteiger partial charge in [-0.2, -0.15) is 0 Å². The van der Waals surface area contributed by atoms with Crippen molar-refractivity contribution >= 4 is 0 Å². The summed E-state index contributed by atoms with van der Waals surface area (Å²) in [5, 5.41) is 3.42. The molecule has 0 rings (SSSR count). The van der Waals surface area contributed by atoms with Gasteiger partial charge in [0, 0.05) is 19.7 Å². The molecule has 2 atom stereocenters. The minimum absolute atomic E-state index is 0.620. The van der Waals surface area contributed by atoms with Crippen molar-refractivity contribution in [2.45, 2.75) is 39.7 Å². The number of methoxy groups -OCH3 is 1. The lowest BCUT2D eigenvalue weighted by Gasteiger charge is -2.16. The number of hydrogen-bond acceptors (Lipinski definition) is 2. The zero-order valence-electron chi connectivity index (χ0n) is 8.89. The van der Waals surface area contributed by atoms with Gasteiger partial charge in [-0.25, -0.2) is 0 Å². The van der Waals surface area contributed by atoms with Crippen LogP contribution in [-0.2, 0) is 4.74 Å². The first-order valence-electron chi connectivity index (χ1n) is 4.93. The van der Waals surface area contributed by atoms with Crippen molar-refractivity contribution in [2.75, 3.05) is 20.3 Å². The highest BCUT2D eigenvalue weighted by Gasteiger charge is 2.05. The first-order valence-corrected chi connectivity index (χ1v) is 4.93. The van der Waals surface area contributed by atoms with Crippen LogP contribution in [-0.4, -0.2) is 26.3 Å². The van der Waals surface area contributed by atoms with E-state index in [1.54, 1.807) is 7.11 Å². The zero-order valence-corrected chi connectivity index (χ0v) is 8.89. The summed E-state index contributed by atoms with van der Waals surface area (Å²) in [6, 6.07) is 0.620. The molecule has 2 unspecified atom stereocenters. The fourth-order valence-corrected chi connectivity index (χ4v) is 1.26. The number of rotatable bonds is 7. The lowest BCUT2D eigenvalue weighted by atomic mass is 10.0. The summed E-state index contributed by atoms with van der Waals surface area (Å²) in [5.41, 5.74) is 0. The van der Waals surface area contributed by atoms with Gasteiger partial charge in [-0.15, -0.1) is 0 Å². The number of ether oxygens (including phenoxy) is 1. The fraction of sp³-hybridized carbons (Fsp3) is 1.00. The highest BCUT2D eigenvalue weighted by atomic mass is 16.5. The van der Waals surface area contributed by atoms with Crippen LogP contribution < -0.4 is 5.32 Å². The Kier molecular flexibility index (Phi) is 7.51. The third-order valence-corrected chi connectivity index (χ3v) is 2.25. The third-order valence-electron chi connectivity index (χ3n) is 2.25. The summed E-state index contributed by atoms with van der Waals surface area (Å²) in [5.74, 6) is 0.829. The number of nitrogens with one attached hydrogen (secondary N) is 1. The normalized spacial score (nSPS) is 16.0. The average Bonchev–Trinajstić information content (AvgIpc) is 2.05. The van der Waals surface area contributed by atoms with Gasteiger partial charge in [-0.1, -0.05) is 20.3 Å². The first kappa shape index (κ1) is 11.9. The molecule has 2 nitrogen and oxygen atoms in total. The molecule has 0 bridgehead atoms. The van der Waals surface area contributed by atoms with Crippen LogP contribution in [0.3, 0.4) is 0 Å². The van der Waals surface area contributed by atoms with E-state index in [1.165, 1.54) is 12.8 Å². The van der Waals surface area contributed by atoms with E-state index in [1.807, 2.05) is 0 Å². The molecular weight excluding hydrogens is 150 g/mol. The minimum atomic E-state index is 0.620.